The minimum Gasteiger partial charge on any atom is -0.466 e. The molecule has 0 aliphatic carbocycles. The van der Waals surface area contributed by atoms with E-state index in [0.717, 1.165) is 18.7 Å². The molecular weight excluding hydrogens is 286 g/mol. The lowest BCUT2D eigenvalue weighted by Gasteiger charge is -2.43. The lowest BCUT2D eigenvalue weighted by molar-refractivity contribution is -0.146. The molecule has 0 bridgehead atoms. The number of hydrogen-bond donors (Lipinski definition) is 0. The molecule has 21 heavy (non-hydrogen) atoms. The van der Waals surface area contributed by atoms with E-state index in [4.69, 9.17) is 16.3 Å². The van der Waals surface area contributed by atoms with Crippen molar-refractivity contribution in [2.45, 2.75) is 45.1 Å². The van der Waals surface area contributed by atoms with Gasteiger partial charge in [0, 0.05) is 5.02 Å². The van der Waals surface area contributed by atoms with Crippen LogP contribution in [0.1, 0.15) is 45.1 Å². The van der Waals surface area contributed by atoms with Gasteiger partial charge in [-0.1, -0.05) is 30.2 Å². The molecule has 0 saturated carbocycles. The summed E-state index contributed by atoms with van der Waals surface area (Å²) in [5.41, 5.74) is 0.738. The van der Waals surface area contributed by atoms with Gasteiger partial charge in [-0.25, -0.2) is 0 Å². The molecule has 1 aromatic rings. The number of carbonyl (C=O) groups is 1. The quantitative estimate of drug-likeness (QED) is 0.770. The number of nitrogens with zero attached hydrogens (tertiary/aromatic N) is 1. The number of benzene rings is 1. The SMILES string of the molecule is CCOC(=O)CC(C)(c1cccc(Cl)c1)N1CCCCC1. The molecule has 1 aliphatic rings. The Kier molecular flexibility index (Phi) is 5.65. The van der Waals surface area contributed by atoms with Crippen molar-refractivity contribution >= 4 is 17.6 Å². The first-order valence-electron chi connectivity index (χ1n) is 7.73. The summed E-state index contributed by atoms with van der Waals surface area (Å²) in [7, 11) is 0. The molecule has 2 rings (SSSR count). The van der Waals surface area contributed by atoms with Crippen LogP contribution in [0.15, 0.2) is 24.3 Å². The minimum atomic E-state index is -0.350. The number of hydrogen-bond acceptors (Lipinski definition) is 3. The Balaban J connectivity index is 2.30. The maximum atomic E-state index is 12.1. The molecule has 1 aliphatic heterocycles. The number of halogens is 1. The smallest absolute Gasteiger partial charge is 0.307 e. The van der Waals surface area contributed by atoms with Crippen molar-refractivity contribution in [3.63, 3.8) is 0 Å². The minimum absolute atomic E-state index is 0.148. The number of rotatable bonds is 5. The molecule has 1 fully saturated rings. The second-order valence-corrected chi connectivity index (χ2v) is 6.25. The Hall–Kier alpha value is -1.06. The molecule has 0 N–H and O–H groups in total. The molecule has 1 atom stereocenters. The fraction of sp³-hybridized carbons (Fsp3) is 0.588. The lowest BCUT2D eigenvalue weighted by Crippen LogP contribution is -2.48. The number of carbonyl (C=O) groups excluding carboxylic acids is 1. The summed E-state index contributed by atoms with van der Waals surface area (Å²) in [5, 5.41) is 0.708. The van der Waals surface area contributed by atoms with E-state index in [9.17, 15) is 4.79 Å². The monoisotopic (exact) mass is 309 g/mol. The third-order valence-corrected chi connectivity index (χ3v) is 4.53. The van der Waals surface area contributed by atoms with Gasteiger partial charge in [0.1, 0.15) is 0 Å². The number of ether oxygens (including phenoxy) is 1. The predicted molar refractivity (Wildman–Crippen MR) is 85.5 cm³/mol. The van der Waals surface area contributed by atoms with Crippen LogP contribution in [0.2, 0.25) is 5.02 Å². The highest BCUT2D eigenvalue weighted by molar-refractivity contribution is 6.30. The van der Waals surface area contributed by atoms with Crippen LogP contribution in [0.5, 0.6) is 0 Å². The summed E-state index contributed by atoms with van der Waals surface area (Å²) < 4.78 is 5.18. The van der Waals surface area contributed by atoms with Crippen molar-refractivity contribution in [2.24, 2.45) is 0 Å². The van der Waals surface area contributed by atoms with Gasteiger partial charge >= 0.3 is 5.97 Å². The van der Waals surface area contributed by atoms with Gasteiger partial charge in [-0.15, -0.1) is 0 Å². The maximum Gasteiger partial charge on any atom is 0.307 e. The van der Waals surface area contributed by atoms with Crippen LogP contribution in [0.3, 0.4) is 0 Å². The first-order chi connectivity index (χ1) is 10.1. The highest BCUT2D eigenvalue weighted by Crippen LogP contribution is 2.35. The predicted octanol–water partition coefficient (Wildman–Crippen LogP) is 3.99. The average molecular weight is 310 g/mol. The van der Waals surface area contributed by atoms with Gasteiger partial charge in [0.25, 0.3) is 0 Å². The van der Waals surface area contributed by atoms with E-state index in [-0.39, 0.29) is 11.5 Å². The van der Waals surface area contributed by atoms with Crippen LogP contribution in [-0.2, 0) is 15.1 Å². The molecule has 1 unspecified atom stereocenters. The largest absolute Gasteiger partial charge is 0.466 e. The second-order valence-electron chi connectivity index (χ2n) is 5.81. The molecule has 0 aromatic heterocycles. The fourth-order valence-corrected chi connectivity index (χ4v) is 3.29. The summed E-state index contributed by atoms with van der Waals surface area (Å²) >= 11 is 6.15. The van der Waals surface area contributed by atoms with Crippen molar-refractivity contribution in [3.8, 4) is 0 Å². The Morgan fingerprint density at radius 3 is 2.67 bits per heavy atom. The number of piperidine rings is 1. The highest BCUT2D eigenvalue weighted by Gasteiger charge is 2.37. The van der Waals surface area contributed by atoms with Crippen LogP contribution in [-0.4, -0.2) is 30.6 Å². The normalized spacial score (nSPS) is 19.0. The molecule has 1 aromatic carbocycles. The van der Waals surface area contributed by atoms with E-state index in [2.05, 4.69) is 17.9 Å². The summed E-state index contributed by atoms with van der Waals surface area (Å²) in [6.45, 7) is 6.42. The highest BCUT2D eigenvalue weighted by atomic mass is 35.5. The Morgan fingerprint density at radius 1 is 1.33 bits per heavy atom. The van der Waals surface area contributed by atoms with Crippen LogP contribution in [0.25, 0.3) is 0 Å². The van der Waals surface area contributed by atoms with Gasteiger partial charge in [0.05, 0.1) is 18.6 Å². The fourth-order valence-electron chi connectivity index (χ4n) is 3.10. The third-order valence-electron chi connectivity index (χ3n) is 4.29. The molecule has 1 heterocycles. The van der Waals surface area contributed by atoms with Crippen LogP contribution < -0.4 is 0 Å². The van der Waals surface area contributed by atoms with Gasteiger partial charge in [-0.2, -0.15) is 0 Å². The van der Waals surface area contributed by atoms with E-state index in [1.807, 2.05) is 25.1 Å². The molecule has 0 spiro atoms. The molecule has 3 nitrogen and oxygen atoms in total. The first-order valence-corrected chi connectivity index (χ1v) is 8.11. The van der Waals surface area contributed by atoms with Crippen molar-refractivity contribution in [1.29, 1.82) is 0 Å². The van der Waals surface area contributed by atoms with Gasteiger partial charge in [0.2, 0.25) is 0 Å². The molecule has 0 amide bonds. The summed E-state index contributed by atoms with van der Waals surface area (Å²) in [5.74, 6) is -0.148. The van der Waals surface area contributed by atoms with Gasteiger partial charge in [-0.05, 0) is 57.5 Å². The third kappa shape index (κ3) is 3.98. The van der Waals surface area contributed by atoms with Crippen LogP contribution in [0.4, 0.5) is 0 Å². The standard InChI is InChI=1S/C17H24ClNO2/c1-3-21-16(20)13-17(2,19-10-5-4-6-11-19)14-8-7-9-15(18)12-14/h7-9,12H,3-6,10-11,13H2,1-2H3. The van der Waals surface area contributed by atoms with E-state index < -0.39 is 0 Å². The zero-order valence-electron chi connectivity index (χ0n) is 12.9. The average Bonchev–Trinajstić information content (AvgIpc) is 2.48. The topological polar surface area (TPSA) is 29.5 Å². The van der Waals surface area contributed by atoms with Crippen LogP contribution >= 0.6 is 11.6 Å². The van der Waals surface area contributed by atoms with Gasteiger partial charge in [0.15, 0.2) is 0 Å². The number of esters is 1. The Labute approximate surface area is 132 Å². The van der Waals surface area contributed by atoms with Crippen LogP contribution in [0, 0.1) is 0 Å². The second kappa shape index (κ2) is 7.28. The summed E-state index contributed by atoms with van der Waals surface area (Å²) in [4.78, 5) is 14.5. The van der Waals surface area contributed by atoms with Crippen molar-refractivity contribution in [2.75, 3.05) is 19.7 Å². The van der Waals surface area contributed by atoms with Gasteiger partial charge in [-0.3, -0.25) is 9.69 Å². The van der Waals surface area contributed by atoms with Crippen molar-refractivity contribution < 1.29 is 9.53 Å². The lowest BCUT2D eigenvalue weighted by atomic mass is 9.85. The molecule has 1 saturated heterocycles. The summed E-state index contributed by atoms with van der Waals surface area (Å²) in [6, 6.07) is 7.84. The molecule has 4 heteroatoms. The molecule has 0 radical (unpaired) electrons. The maximum absolute atomic E-state index is 12.1. The summed E-state index contributed by atoms with van der Waals surface area (Å²) in [6.07, 6.45) is 3.99. The van der Waals surface area contributed by atoms with E-state index in [0.29, 0.717) is 18.1 Å². The van der Waals surface area contributed by atoms with E-state index in [1.54, 1.807) is 0 Å². The number of likely N-dealkylation sites (tertiary alicyclic amines) is 1. The van der Waals surface area contributed by atoms with Gasteiger partial charge < -0.3 is 4.74 Å². The zero-order valence-corrected chi connectivity index (χ0v) is 13.7. The molecular formula is C17H24ClNO2. The zero-order chi connectivity index (χ0) is 15.3. The van der Waals surface area contributed by atoms with E-state index >= 15 is 0 Å². The van der Waals surface area contributed by atoms with E-state index in [1.165, 1.54) is 19.3 Å². The Bertz CT molecular complexity index is 485. The Morgan fingerprint density at radius 2 is 2.05 bits per heavy atom. The first kappa shape index (κ1) is 16.3. The van der Waals surface area contributed by atoms with Crippen molar-refractivity contribution in [1.82, 2.24) is 4.90 Å². The van der Waals surface area contributed by atoms with Crippen molar-refractivity contribution in [3.05, 3.63) is 34.9 Å². The molecule has 116 valence electrons.